The maximum Gasteiger partial charge on any atom is 0.123 e. The van der Waals surface area contributed by atoms with Crippen molar-refractivity contribution in [3.8, 4) is 11.8 Å². The number of nitriles is 1. The van der Waals surface area contributed by atoms with E-state index in [1.54, 1.807) is 13.2 Å². The molecular formula is C15H21N3O. The quantitative estimate of drug-likeness (QED) is 0.875. The van der Waals surface area contributed by atoms with E-state index in [0.29, 0.717) is 11.6 Å². The molecule has 1 heterocycles. The average molecular weight is 259 g/mol. The van der Waals surface area contributed by atoms with Crippen LogP contribution in [0.5, 0.6) is 5.75 Å². The normalized spacial score (nSPS) is 19.3. The summed E-state index contributed by atoms with van der Waals surface area (Å²) in [5.41, 5.74) is 1.80. The number of ether oxygens (including phenoxy) is 1. The van der Waals surface area contributed by atoms with Crippen LogP contribution in [-0.2, 0) is 6.54 Å². The third-order valence-electron chi connectivity index (χ3n) is 3.72. The minimum Gasteiger partial charge on any atom is -0.496 e. The molecule has 1 atom stereocenters. The van der Waals surface area contributed by atoms with E-state index in [0.717, 1.165) is 30.9 Å². The van der Waals surface area contributed by atoms with Crippen molar-refractivity contribution in [1.82, 2.24) is 10.2 Å². The van der Waals surface area contributed by atoms with Crippen molar-refractivity contribution in [3.63, 3.8) is 0 Å². The van der Waals surface area contributed by atoms with E-state index in [1.807, 2.05) is 19.2 Å². The molecule has 1 unspecified atom stereocenters. The van der Waals surface area contributed by atoms with Gasteiger partial charge in [-0.2, -0.15) is 5.26 Å². The van der Waals surface area contributed by atoms with Gasteiger partial charge in [0.15, 0.2) is 0 Å². The lowest BCUT2D eigenvalue weighted by Crippen LogP contribution is -2.36. The Kier molecular flexibility index (Phi) is 4.78. The Balaban J connectivity index is 2.15. The summed E-state index contributed by atoms with van der Waals surface area (Å²) < 4.78 is 5.40. The summed E-state index contributed by atoms with van der Waals surface area (Å²) in [6.07, 6.45) is 2.48. The van der Waals surface area contributed by atoms with E-state index in [1.165, 1.54) is 12.8 Å². The molecule has 4 heteroatoms. The predicted octanol–water partition coefficient (Wildman–Crippen LogP) is 1.75. The van der Waals surface area contributed by atoms with Crippen molar-refractivity contribution in [2.24, 2.45) is 0 Å². The standard InChI is InChI=1S/C15H21N3O/c1-17-10-14-4-3-7-18(14)11-13-8-12(9-16)5-6-15(13)19-2/h5-6,8,14,17H,3-4,7,10-11H2,1-2H3. The molecule has 0 spiro atoms. The smallest absolute Gasteiger partial charge is 0.123 e. The number of nitrogens with one attached hydrogen (secondary N) is 1. The lowest BCUT2D eigenvalue weighted by atomic mass is 10.1. The van der Waals surface area contributed by atoms with Crippen LogP contribution in [0.1, 0.15) is 24.0 Å². The van der Waals surface area contributed by atoms with Crippen LogP contribution in [-0.4, -0.2) is 38.2 Å². The van der Waals surface area contributed by atoms with Gasteiger partial charge in [-0.3, -0.25) is 4.90 Å². The van der Waals surface area contributed by atoms with Crippen LogP contribution in [0, 0.1) is 11.3 Å². The van der Waals surface area contributed by atoms with Crippen LogP contribution in [0.4, 0.5) is 0 Å². The van der Waals surface area contributed by atoms with Gasteiger partial charge in [-0.15, -0.1) is 0 Å². The van der Waals surface area contributed by atoms with Gasteiger partial charge in [0, 0.05) is 24.7 Å². The highest BCUT2D eigenvalue weighted by Crippen LogP contribution is 2.25. The van der Waals surface area contributed by atoms with Gasteiger partial charge in [0.2, 0.25) is 0 Å². The number of likely N-dealkylation sites (N-methyl/N-ethyl adjacent to an activating group) is 1. The molecule has 1 aromatic carbocycles. The van der Waals surface area contributed by atoms with Gasteiger partial charge in [0.1, 0.15) is 5.75 Å². The Labute approximate surface area is 115 Å². The number of rotatable bonds is 5. The van der Waals surface area contributed by atoms with Crippen LogP contribution in [0.2, 0.25) is 0 Å². The summed E-state index contributed by atoms with van der Waals surface area (Å²) in [6, 6.07) is 8.40. The largest absolute Gasteiger partial charge is 0.496 e. The third kappa shape index (κ3) is 3.25. The minimum absolute atomic E-state index is 0.584. The molecule has 1 fully saturated rings. The fraction of sp³-hybridized carbons (Fsp3) is 0.533. The van der Waals surface area contributed by atoms with Crippen LogP contribution >= 0.6 is 0 Å². The second kappa shape index (κ2) is 6.55. The van der Waals surface area contributed by atoms with Gasteiger partial charge in [-0.25, -0.2) is 0 Å². The number of hydrogen-bond acceptors (Lipinski definition) is 4. The first-order valence-corrected chi connectivity index (χ1v) is 6.74. The number of nitrogens with zero attached hydrogens (tertiary/aromatic N) is 2. The molecule has 2 rings (SSSR count). The summed E-state index contributed by atoms with van der Waals surface area (Å²) in [4.78, 5) is 2.47. The SMILES string of the molecule is CNCC1CCCN1Cc1cc(C#N)ccc1OC. The molecule has 1 aliphatic rings. The highest BCUT2D eigenvalue weighted by Gasteiger charge is 2.24. The molecule has 1 N–H and O–H groups in total. The summed E-state index contributed by atoms with van der Waals surface area (Å²) in [6.45, 7) is 2.98. The molecule has 0 saturated carbocycles. The summed E-state index contributed by atoms with van der Waals surface area (Å²) >= 11 is 0. The van der Waals surface area contributed by atoms with Crippen LogP contribution in [0.15, 0.2) is 18.2 Å². The minimum atomic E-state index is 0.584. The van der Waals surface area contributed by atoms with E-state index >= 15 is 0 Å². The van der Waals surface area contributed by atoms with Crippen molar-refractivity contribution >= 4 is 0 Å². The molecule has 0 radical (unpaired) electrons. The van der Waals surface area contributed by atoms with Crippen LogP contribution in [0.25, 0.3) is 0 Å². The lowest BCUT2D eigenvalue weighted by molar-refractivity contribution is 0.239. The number of likely N-dealkylation sites (tertiary alicyclic amines) is 1. The first kappa shape index (κ1) is 13.9. The number of methoxy groups -OCH3 is 1. The maximum absolute atomic E-state index is 9.01. The molecule has 0 aliphatic carbocycles. The molecule has 19 heavy (non-hydrogen) atoms. The zero-order valence-electron chi connectivity index (χ0n) is 11.6. The molecule has 0 amide bonds. The fourth-order valence-electron chi connectivity index (χ4n) is 2.76. The first-order valence-electron chi connectivity index (χ1n) is 6.74. The lowest BCUT2D eigenvalue weighted by Gasteiger charge is -2.25. The molecule has 0 aromatic heterocycles. The Hall–Kier alpha value is -1.57. The Bertz CT molecular complexity index is 467. The Morgan fingerprint density at radius 2 is 2.37 bits per heavy atom. The van der Waals surface area contributed by atoms with Crippen molar-refractivity contribution < 1.29 is 4.74 Å². The number of hydrogen-bond donors (Lipinski definition) is 1. The van der Waals surface area contributed by atoms with E-state index in [-0.39, 0.29) is 0 Å². The zero-order valence-corrected chi connectivity index (χ0v) is 11.6. The second-order valence-electron chi connectivity index (χ2n) is 4.96. The summed E-state index contributed by atoms with van der Waals surface area (Å²) in [7, 11) is 3.67. The summed E-state index contributed by atoms with van der Waals surface area (Å²) in [5, 5.41) is 12.3. The molecule has 102 valence electrons. The highest BCUT2D eigenvalue weighted by atomic mass is 16.5. The van der Waals surface area contributed by atoms with Gasteiger partial charge in [-0.1, -0.05) is 0 Å². The fourth-order valence-corrected chi connectivity index (χ4v) is 2.76. The van der Waals surface area contributed by atoms with Crippen molar-refractivity contribution in [2.75, 3.05) is 27.2 Å². The third-order valence-corrected chi connectivity index (χ3v) is 3.72. The molecule has 4 nitrogen and oxygen atoms in total. The topological polar surface area (TPSA) is 48.3 Å². The van der Waals surface area contributed by atoms with Crippen molar-refractivity contribution in [1.29, 1.82) is 5.26 Å². The Morgan fingerprint density at radius 1 is 1.53 bits per heavy atom. The zero-order chi connectivity index (χ0) is 13.7. The van der Waals surface area contributed by atoms with Gasteiger partial charge < -0.3 is 10.1 Å². The van der Waals surface area contributed by atoms with Crippen molar-refractivity contribution in [2.45, 2.75) is 25.4 Å². The van der Waals surface area contributed by atoms with E-state index in [2.05, 4.69) is 16.3 Å². The van der Waals surface area contributed by atoms with E-state index in [4.69, 9.17) is 10.00 Å². The maximum atomic E-state index is 9.01. The van der Waals surface area contributed by atoms with Gasteiger partial charge in [0.05, 0.1) is 18.7 Å². The van der Waals surface area contributed by atoms with Gasteiger partial charge >= 0.3 is 0 Å². The van der Waals surface area contributed by atoms with E-state index in [9.17, 15) is 0 Å². The molecule has 1 saturated heterocycles. The molecule has 1 aliphatic heterocycles. The molecule has 1 aromatic rings. The summed E-state index contributed by atoms with van der Waals surface area (Å²) in [5.74, 6) is 0.870. The van der Waals surface area contributed by atoms with Crippen LogP contribution in [0.3, 0.4) is 0 Å². The van der Waals surface area contributed by atoms with Gasteiger partial charge in [0.25, 0.3) is 0 Å². The monoisotopic (exact) mass is 259 g/mol. The average Bonchev–Trinajstić information content (AvgIpc) is 2.86. The predicted molar refractivity (Wildman–Crippen MR) is 75.1 cm³/mol. The van der Waals surface area contributed by atoms with E-state index < -0.39 is 0 Å². The first-order chi connectivity index (χ1) is 9.28. The highest BCUT2D eigenvalue weighted by molar-refractivity contribution is 5.42. The Morgan fingerprint density at radius 3 is 3.05 bits per heavy atom. The molecular weight excluding hydrogens is 238 g/mol. The van der Waals surface area contributed by atoms with Crippen LogP contribution < -0.4 is 10.1 Å². The second-order valence-corrected chi connectivity index (χ2v) is 4.96. The number of benzene rings is 1. The van der Waals surface area contributed by atoms with Gasteiger partial charge in [-0.05, 0) is 44.6 Å². The van der Waals surface area contributed by atoms with Crippen molar-refractivity contribution in [3.05, 3.63) is 29.3 Å². The molecule has 0 bridgehead atoms.